The zero-order valence-electron chi connectivity index (χ0n) is 14.8. The average Bonchev–Trinajstić information content (AvgIpc) is 3.43. The first-order valence-corrected chi connectivity index (χ1v) is 9.69. The van der Waals surface area contributed by atoms with Crippen molar-refractivity contribution in [2.24, 2.45) is 11.8 Å². The Balaban J connectivity index is 1.41. The van der Waals surface area contributed by atoms with E-state index in [2.05, 4.69) is 5.32 Å². The highest BCUT2D eigenvalue weighted by atomic mass is 19.1. The summed E-state index contributed by atoms with van der Waals surface area (Å²) in [4.78, 5) is 14.1. The van der Waals surface area contributed by atoms with Gasteiger partial charge in [-0.25, -0.2) is 8.78 Å². The first-order valence-electron chi connectivity index (χ1n) is 9.69. The number of halogens is 2. The highest BCUT2D eigenvalue weighted by Crippen LogP contribution is 2.40. The minimum absolute atomic E-state index is 0.149. The highest BCUT2D eigenvalue weighted by Gasteiger charge is 2.39. The third kappa shape index (κ3) is 3.76. The van der Waals surface area contributed by atoms with Crippen molar-refractivity contribution >= 4 is 5.91 Å². The van der Waals surface area contributed by atoms with Crippen LogP contribution in [0, 0.1) is 23.5 Å². The van der Waals surface area contributed by atoms with Gasteiger partial charge in [0.25, 0.3) is 0 Å². The lowest BCUT2D eigenvalue weighted by molar-refractivity contribution is -0.133. The quantitative estimate of drug-likeness (QED) is 0.845. The number of carbonyl (C=O) groups is 1. The monoisotopic (exact) mass is 364 g/mol. The number of amides is 1. The van der Waals surface area contributed by atoms with Gasteiger partial charge < -0.3 is 15.3 Å². The summed E-state index contributed by atoms with van der Waals surface area (Å²) < 4.78 is 27.6. The second kappa shape index (κ2) is 7.24. The molecule has 3 aliphatic rings. The zero-order chi connectivity index (χ0) is 18.3. The predicted molar refractivity (Wildman–Crippen MR) is 93.3 cm³/mol. The summed E-state index contributed by atoms with van der Waals surface area (Å²) in [5.41, 5.74) is 0.472. The first kappa shape index (κ1) is 17.9. The van der Waals surface area contributed by atoms with Gasteiger partial charge in [0.2, 0.25) is 5.91 Å². The normalized spacial score (nSPS) is 27.9. The van der Waals surface area contributed by atoms with Crippen LogP contribution >= 0.6 is 0 Å². The van der Waals surface area contributed by atoms with Gasteiger partial charge in [0.15, 0.2) is 0 Å². The summed E-state index contributed by atoms with van der Waals surface area (Å²) in [6.45, 7) is 1.47. The minimum Gasteiger partial charge on any atom is -0.393 e. The number of aliphatic hydroxyl groups is 1. The lowest BCUT2D eigenvalue weighted by Gasteiger charge is -2.42. The van der Waals surface area contributed by atoms with Crippen LogP contribution in [0.25, 0.3) is 0 Å². The molecule has 4 rings (SSSR count). The minimum atomic E-state index is -0.578. The van der Waals surface area contributed by atoms with E-state index in [0.29, 0.717) is 18.4 Å². The Labute approximate surface area is 152 Å². The van der Waals surface area contributed by atoms with Crippen LogP contribution in [0.3, 0.4) is 0 Å². The molecule has 1 amide bonds. The summed E-state index contributed by atoms with van der Waals surface area (Å²) in [5.74, 6) is -0.435. The SMILES string of the molecule is O=C(C1CC1)N1CCC(N[C@@H](c2ccc(F)cc2F)C2CC(O)C2)CC1. The van der Waals surface area contributed by atoms with E-state index >= 15 is 0 Å². The lowest BCUT2D eigenvalue weighted by Crippen LogP contribution is -2.49. The van der Waals surface area contributed by atoms with E-state index in [1.807, 2.05) is 4.90 Å². The van der Waals surface area contributed by atoms with Crippen LogP contribution in [-0.4, -0.2) is 41.1 Å². The summed E-state index contributed by atoms with van der Waals surface area (Å²) in [7, 11) is 0. The van der Waals surface area contributed by atoms with Crippen molar-refractivity contribution in [1.82, 2.24) is 10.2 Å². The van der Waals surface area contributed by atoms with E-state index in [-0.39, 0.29) is 35.9 Å². The summed E-state index contributed by atoms with van der Waals surface area (Å²) in [6, 6.07) is 3.70. The first-order chi connectivity index (χ1) is 12.5. The van der Waals surface area contributed by atoms with Crippen LogP contribution in [0.4, 0.5) is 8.78 Å². The van der Waals surface area contributed by atoms with Crippen molar-refractivity contribution in [3.63, 3.8) is 0 Å². The number of carbonyl (C=O) groups excluding carboxylic acids is 1. The highest BCUT2D eigenvalue weighted by molar-refractivity contribution is 5.81. The average molecular weight is 364 g/mol. The van der Waals surface area contributed by atoms with Crippen LogP contribution < -0.4 is 5.32 Å². The molecule has 1 heterocycles. The van der Waals surface area contributed by atoms with Crippen molar-refractivity contribution < 1.29 is 18.7 Å². The summed E-state index contributed by atoms with van der Waals surface area (Å²) in [6.07, 6.45) is 4.66. The van der Waals surface area contributed by atoms with E-state index in [4.69, 9.17) is 0 Å². The third-order valence-corrected chi connectivity index (χ3v) is 6.07. The molecule has 1 saturated heterocycles. The molecule has 2 aliphatic carbocycles. The molecule has 2 saturated carbocycles. The maximum Gasteiger partial charge on any atom is 0.225 e. The zero-order valence-corrected chi connectivity index (χ0v) is 14.8. The molecule has 26 heavy (non-hydrogen) atoms. The van der Waals surface area contributed by atoms with Crippen LogP contribution in [0.1, 0.15) is 50.1 Å². The van der Waals surface area contributed by atoms with Gasteiger partial charge in [0, 0.05) is 42.7 Å². The Morgan fingerprint density at radius 2 is 1.85 bits per heavy atom. The fourth-order valence-electron chi connectivity index (χ4n) is 4.24. The van der Waals surface area contributed by atoms with E-state index in [1.165, 1.54) is 12.1 Å². The molecule has 6 heteroatoms. The Bertz CT molecular complexity index is 666. The number of piperidine rings is 1. The van der Waals surface area contributed by atoms with Gasteiger partial charge in [-0.05, 0) is 50.5 Å². The molecule has 1 aromatic rings. The van der Waals surface area contributed by atoms with Crippen molar-refractivity contribution in [2.45, 2.75) is 56.7 Å². The van der Waals surface area contributed by atoms with Crippen LogP contribution in [0.2, 0.25) is 0 Å². The molecule has 142 valence electrons. The molecule has 1 aliphatic heterocycles. The van der Waals surface area contributed by atoms with Crippen molar-refractivity contribution in [1.29, 1.82) is 0 Å². The number of nitrogens with one attached hydrogen (secondary N) is 1. The number of aliphatic hydroxyl groups excluding tert-OH is 1. The number of likely N-dealkylation sites (tertiary alicyclic amines) is 1. The molecule has 0 aromatic heterocycles. The second-order valence-corrected chi connectivity index (χ2v) is 8.07. The van der Waals surface area contributed by atoms with Crippen molar-refractivity contribution in [3.05, 3.63) is 35.4 Å². The molecular formula is C20H26F2N2O2. The van der Waals surface area contributed by atoms with Crippen LogP contribution in [0.15, 0.2) is 18.2 Å². The maximum absolute atomic E-state index is 14.3. The van der Waals surface area contributed by atoms with Crippen LogP contribution in [-0.2, 0) is 4.79 Å². The van der Waals surface area contributed by atoms with Gasteiger partial charge in [-0.2, -0.15) is 0 Å². The van der Waals surface area contributed by atoms with Gasteiger partial charge in [-0.3, -0.25) is 4.79 Å². The Hall–Kier alpha value is -1.53. The van der Waals surface area contributed by atoms with E-state index < -0.39 is 11.6 Å². The molecule has 0 unspecified atom stereocenters. The molecule has 0 spiro atoms. The predicted octanol–water partition coefficient (Wildman–Crippen LogP) is 2.77. The molecule has 0 bridgehead atoms. The fraction of sp³-hybridized carbons (Fsp3) is 0.650. The van der Waals surface area contributed by atoms with Gasteiger partial charge in [0.1, 0.15) is 11.6 Å². The number of rotatable bonds is 5. The van der Waals surface area contributed by atoms with Gasteiger partial charge >= 0.3 is 0 Å². The topological polar surface area (TPSA) is 52.6 Å². The van der Waals surface area contributed by atoms with Gasteiger partial charge in [-0.1, -0.05) is 6.07 Å². The molecule has 2 N–H and O–H groups in total. The largest absolute Gasteiger partial charge is 0.393 e. The van der Waals surface area contributed by atoms with Gasteiger partial charge in [0.05, 0.1) is 6.10 Å². The Morgan fingerprint density at radius 3 is 2.42 bits per heavy atom. The fourth-order valence-corrected chi connectivity index (χ4v) is 4.24. The summed E-state index contributed by atoms with van der Waals surface area (Å²) in [5, 5.41) is 13.2. The van der Waals surface area contributed by atoms with E-state index in [0.717, 1.165) is 44.8 Å². The maximum atomic E-state index is 14.3. The molecular weight excluding hydrogens is 338 g/mol. The Kier molecular flexibility index (Phi) is 4.97. The molecule has 3 fully saturated rings. The van der Waals surface area contributed by atoms with E-state index in [9.17, 15) is 18.7 Å². The number of hydrogen-bond acceptors (Lipinski definition) is 3. The standard InChI is InChI=1S/C20H26F2N2O2/c21-14-3-4-17(18(22)11-14)19(13-9-16(25)10-13)23-15-5-7-24(8-6-15)20(26)12-1-2-12/h3-4,11-13,15-16,19,23,25H,1-2,5-10H2/t13?,16?,19-/m1/s1. The van der Waals surface area contributed by atoms with Crippen molar-refractivity contribution in [3.8, 4) is 0 Å². The number of hydrogen-bond donors (Lipinski definition) is 2. The number of nitrogens with zero attached hydrogens (tertiary/aromatic N) is 1. The second-order valence-electron chi connectivity index (χ2n) is 8.07. The molecule has 1 aromatic carbocycles. The lowest BCUT2D eigenvalue weighted by atomic mass is 9.74. The molecule has 0 radical (unpaired) electrons. The van der Waals surface area contributed by atoms with E-state index in [1.54, 1.807) is 0 Å². The third-order valence-electron chi connectivity index (χ3n) is 6.07. The molecule has 1 atom stereocenters. The number of benzene rings is 1. The van der Waals surface area contributed by atoms with Gasteiger partial charge in [-0.15, -0.1) is 0 Å². The smallest absolute Gasteiger partial charge is 0.225 e. The summed E-state index contributed by atoms with van der Waals surface area (Å²) >= 11 is 0. The Morgan fingerprint density at radius 1 is 1.15 bits per heavy atom. The van der Waals surface area contributed by atoms with Crippen LogP contribution in [0.5, 0.6) is 0 Å². The van der Waals surface area contributed by atoms with Crippen molar-refractivity contribution in [2.75, 3.05) is 13.1 Å². The molecule has 4 nitrogen and oxygen atoms in total.